The van der Waals surface area contributed by atoms with Gasteiger partial charge in [-0.2, -0.15) is 0 Å². The lowest BCUT2D eigenvalue weighted by atomic mass is 9.97. The number of para-hydroxylation sites is 1. The molecule has 4 heteroatoms. The lowest BCUT2D eigenvalue weighted by Gasteiger charge is -2.30. The Bertz CT molecular complexity index is 957. The number of aromatic amines is 1. The van der Waals surface area contributed by atoms with E-state index in [0.29, 0.717) is 13.0 Å². The van der Waals surface area contributed by atoms with Crippen molar-refractivity contribution >= 4 is 22.5 Å². The highest BCUT2D eigenvalue weighted by atomic mass is 16.2. The third-order valence-electron chi connectivity index (χ3n) is 5.35. The molecule has 26 heavy (non-hydrogen) atoms. The maximum absolute atomic E-state index is 13.1. The molecule has 4 rings (SSSR count). The molecule has 1 aliphatic rings. The Morgan fingerprint density at radius 1 is 1.27 bits per heavy atom. The first-order valence-corrected chi connectivity index (χ1v) is 9.35. The molecule has 1 aromatic heterocycles. The molecular weight excluding hydrogens is 322 g/mol. The first kappa shape index (κ1) is 16.9. The van der Waals surface area contributed by atoms with Gasteiger partial charge in [-0.1, -0.05) is 30.3 Å². The summed E-state index contributed by atoms with van der Waals surface area (Å²) in [6, 6.07) is 12.6. The van der Waals surface area contributed by atoms with Crippen LogP contribution in [-0.2, 0) is 24.1 Å². The number of hydrogen-bond acceptors (Lipinski definition) is 2. The van der Waals surface area contributed by atoms with Crippen LogP contribution in [0.2, 0.25) is 0 Å². The topological polar surface area (TPSA) is 62.1 Å². The summed E-state index contributed by atoms with van der Waals surface area (Å²) in [6.45, 7) is 3.54. The summed E-state index contributed by atoms with van der Waals surface area (Å²) in [6.07, 6.45) is 5.33. The second kappa shape index (κ2) is 6.96. The van der Waals surface area contributed by atoms with Gasteiger partial charge in [0.15, 0.2) is 0 Å². The average molecular weight is 347 g/mol. The maximum Gasteiger partial charge on any atom is 0.231 e. The van der Waals surface area contributed by atoms with E-state index in [1.165, 1.54) is 16.7 Å². The lowest BCUT2D eigenvalue weighted by Crippen LogP contribution is -2.36. The number of aryl methyl sites for hydroxylation is 2. The number of carbonyl (C=O) groups excluding carboxylic acids is 1. The molecule has 2 heterocycles. The number of aromatic nitrogens is 1. The van der Waals surface area contributed by atoms with Crippen LogP contribution >= 0.6 is 0 Å². The Kier molecular flexibility index (Phi) is 4.51. The van der Waals surface area contributed by atoms with Crippen LogP contribution in [0.4, 0.5) is 5.69 Å². The smallest absolute Gasteiger partial charge is 0.231 e. The Hall–Kier alpha value is -2.59. The zero-order valence-electron chi connectivity index (χ0n) is 15.2. The van der Waals surface area contributed by atoms with Crippen molar-refractivity contribution in [3.63, 3.8) is 0 Å². The average Bonchev–Trinajstić information content (AvgIpc) is 3.05. The lowest BCUT2D eigenvalue weighted by molar-refractivity contribution is -0.118. The molecule has 1 amide bonds. The highest BCUT2D eigenvalue weighted by Crippen LogP contribution is 2.30. The molecule has 4 nitrogen and oxygen atoms in total. The van der Waals surface area contributed by atoms with E-state index in [9.17, 15) is 4.79 Å². The number of rotatable bonds is 4. The van der Waals surface area contributed by atoms with Gasteiger partial charge in [-0.05, 0) is 61.1 Å². The first-order chi connectivity index (χ1) is 12.7. The fraction of sp³-hybridized carbons (Fsp3) is 0.318. The molecule has 0 fully saturated rings. The van der Waals surface area contributed by atoms with Crippen LogP contribution in [0.25, 0.3) is 10.9 Å². The van der Waals surface area contributed by atoms with Gasteiger partial charge in [0.25, 0.3) is 0 Å². The van der Waals surface area contributed by atoms with Crippen molar-refractivity contribution in [2.75, 3.05) is 18.0 Å². The number of H-pyrrole nitrogens is 1. The van der Waals surface area contributed by atoms with Gasteiger partial charge in [0.05, 0.1) is 6.42 Å². The van der Waals surface area contributed by atoms with Crippen LogP contribution in [-0.4, -0.2) is 24.0 Å². The van der Waals surface area contributed by atoms with Crippen LogP contribution in [0, 0.1) is 6.92 Å². The van der Waals surface area contributed by atoms with Crippen LogP contribution < -0.4 is 10.6 Å². The van der Waals surface area contributed by atoms with Crippen molar-refractivity contribution in [3.05, 3.63) is 64.8 Å². The Morgan fingerprint density at radius 3 is 3.00 bits per heavy atom. The van der Waals surface area contributed by atoms with Crippen molar-refractivity contribution in [1.29, 1.82) is 0 Å². The van der Waals surface area contributed by atoms with E-state index in [2.05, 4.69) is 48.3 Å². The molecular formula is C22H25N3O. The summed E-state index contributed by atoms with van der Waals surface area (Å²) >= 11 is 0. The standard InChI is InChI=1S/C22H25N3O/c1-15-4-2-6-19-18(14-24-22(15)19)13-21(26)25-11-3-5-17-12-16(9-10-23)7-8-20(17)25/h2,4,6-8,12,14,24H,3,5,9-11,13,23H2,1H3. The molecule has 3 aromatic rings. The minimum atomic E-state index is 0.167. The van der Waals surface area contributed by atoms with Gasteiger partial charge >= 0.3 is 0 Å². The van der Waals surface area contributed by atoms with E-state index in [0.717, 1.165) is 48.0 Å². The quantitative estimate of drug-likeness (QED) is 0.759. The number of nitrogens with one attached hydrogen (secondary N) is 1. The summed E-state index contributed by atoms with van der Waals surface area (Å²) in [5, 5.41) is 1.15. The van der Waals surface area contributed by atoms with Crippen LogP contribution in [0.1, 0.15) is 28.7 Å². The summed E-state index contributed by atoms with van der Waals surface area (Å²) in [4.78, 5) is 18.3. The van der Waals surface area contributed by atoms with Gasteiger partial charge in [0.1, 0.15) is 0 Å². The Balaban J connectivity index is 1.60. The number of hydrogen-bond donors (Lipinski definition) is 2. The van der Waals surface area contributed by atoms with Gasteiger partial charge in [0, 0.05) is 29.3 Å². The van der Waals surface area contributed by atoms with Crippen LogP contribution in [0.15, 0.2) is 42.6 Å². The molecule has 134 valence electrons. The predicted molar refractivity (Wildman–Crippen MR) is 107 cm³/mol. The molecule has 0 bridgehead atoms. The monoisotopic (exact) mass is 347 g/mol. The van der Waals surface area contributed by atoms with Gasteiger partial charge in [-0.3, -0.25) is 4.79 Å². The summed E-state index contributed by atoms with van der Waals surface area (Å²) < 4.78 is 0. The van der Waals surface area contributed by atoms with E-state index in [1.807, 2.05) is 11.1 Å². The van der Waals surface area contributed by atoms with Crippen molar-refractivity contribution < 1.29 is 4.79 Å². The minimum Gasteiger partial charge on any atom is -0.361 e. The van der Waals surface area contributed by atoms with Crippen molar-refractivity contribution in [1.82, 2.24) is 4.98 Å². The number of fused-ring (bicyclic) bond motifs is 2. The molecule has 0 saturated heterocycles. The largest absolute Gasteiger partial charge is 0.361 e. The number of carbonyl (C=O) groups is 1. The highest BCUT2D eigenvalue weighted by Gasteiger charge is 2.23. The van der Waals surface area contributed by atoms with E-state index in [1.54, 1.807) is 0 Å². The second-order valence-electron chi connectivity index (χ2n) is 7.14. The molecule has 0 spiro atoms. The second-order valence-corrected chi connectivity index (χ2v) is 7.14. The van der Waals surface area contributed by atoms with Crippen molar-refractivity contribution in [3.8, 4) is 0 Å². The summed E-state index contributed by atoms with van der Waals surface area (Å²) in [7, 11) is 0. The predicted octanol–water partition coefficient (Wildman–Crippen LogP) is 3.50. The minimum absolute atomic E-state index is 0.167. The molecule has 0 unspecified atom stereocenters. The SMILES string of the molecule is Cc1cccc2c(CC(=O)N3CCCc4cc(CCN)ccc43)c[nH]c12. The van der Waals surface area contributed by atoms with Crippen molar-refractivity contribution in [2.24, 2.45) is 5.73 Å². The molecule has 0 radical (unpaired) electrons. The summed E-state index contributed by atoms with van der Waals surface area (Å²) in [5.74, 6) is 0.167. The normalized spacial score (nSPS) is 13.8. The number of benzene rings is 2. The number of nitrogens with zero attached hydrogens (tertiary/aromatic N) is 1. The zero-order chi connectivity index (χ0) is 18.1. The van der Waals surface area contributed by atoms with Crippen LogP contribution in [0.3, 0.4) is 0 Å². The molecule has 0 saturated carbocycles. The van der Waals surface area contributed by atoms with Gasteiger partial charge < -0.3 is 15.6 Å². The number of nitrogens with two attached hydrogens (primary N) is 1. The third kappa shape index (κ3) is 3.01. The fourth-order valence-corrected chi connectivity index (χ4v) is 4.00. The molecule has 1 aliphatic heterocycles. The zero-order valence-corrected chi connectivity index (χ0v) is 15.2. The van der Waals surface area contributed by atoms with E-state index >= 15 is 0 Å². The van der Waals surface area contributed by atoms with Crippen LogP contribution in [0.5, 0.6) is 0 Å². The highest BCUT2D eigenvalue weighted by molar-refractivity contribution is 5.98. The fourth-order valence-electron chi connectivity index (χ4n) is 4.00. The Labute approximate surface area is 154 Å². The third-order valence-corrected chi connectivity index (χ3v) is 5.35. The van der Waals surface area contributed by atoms with Gasteiger partial charge in [-0.25, -0.2) is 0 Å². The molecule has 2 aromatic carbocycles. The Morgan fingerprint density at radius 2 is 2.15 bits per heavy atom. The molecule has 3 N–H and O–H groups in total. The van der Waals surface area contributed by atoms with Crippen molar-refractivity contribution in [2.45, 2.75) is 32.6 Å². The molecule has 0 atom stereocenters. The van der Waals surface area contributed by atoms with E-state index in [4.69, 9.17) is 5.73 Å². The maximum atomic E-state index is 13.1. The molecule has 0 aliphatic carbocycles. The van der Waals surface area contributed by atoms with E-state index in [-0.39, 0.29) is 5.91 Å². The van der Waals surface area contributed by atoms with E-state index < -0.39 is 0 Å². The van der Waals surface area contributed by atoms with Gasteiger partial charge in [0.2, 0.25) is 5.91 Å². The first-order valence-electron chi connectivity index (χ1n) is 9.35. The number of anilines is 1. The summed E-state index contributed by atoms with van der Waals surface area (Å²) in [5.41, 5.74) is 12.7. The van der Waals surface area contributed by atoms with Gasteiger partial charge in [-0.15, -0.1) is 0 Å². The number of amides is 1.